The smallest absolute Gasteiger partial charge is 0.0718 e. The Bertz CT molecular complexity index is 408. The highest BCUT2D eigenvalue weighted by molar-refractivity contribution is 5.19. The van der Waals surface area contributed by atoms with Crippen LogP contribution in [0.4, 0.5) is 0 Å². The van der Waals surface area contributed by atoms with E-state index in [2.05, 4.69) is 40.1 Å². The Labute approximate surface area is 128 Å². The van der Waals surface area contributed by atoms with E-state index in [0.29, 0.717) is 12.6 Å². The van der Waals surface area contributed by atoms with Crippen LogP contribution in [0, 0.1) is 0 Å². The standard InChI is InChI=1S/C17H29N3O/c1-17(2,21)14-19-10-12-20(13-11-19)16(8-9-18)15-6-4-3-5-7-15/h3-7,16,21H,8-14,18H2,1-2H3. The summed E-state index contributed by atoms with van der Waals surface area (Å²) in [6.07, 6.45) is 0.996. The summed E-state index contributed by atoms with van der Waals surface area (Å²) in [6, 6.07) is 11.1. The molecule has 118 valence electrons. The lowest BCUT2D eigenvalue weighted by Gasteiger charge is -2.41. The van der Waals surface area contributed by atoms with Gasteiger partial charge in [0, 0.05) is 38.8 Å². The van der Waals surface area contributed by atoms with Crippen molar-refractivity contribution >= 4 is 0 Å². The van der Waals surface area contributed by atoms with Gasteiger partial charge in [0.15, 0.2) is 0 Å². The Hall–Kier alpha value is -0.940. The van der Waals surface area contributed by atoms with Crippen LogP contribution in [0.5, 0.6) is 0 Å². The van der Waals surface area contributed by atoms with Gasteiger partial charge in [0.25, 0.3) is 0 Å². The van der Waals surface area contributed by atoms with Crippen LogP contribution in [0.2, 0.25) is 0 Å². The highest BCUT2D eigenvalue weighted by Crippen LogP contribution is 2.25. The molecule has 0 bridgehead atoms. The van der Waals surface area contributed by atoms with Crippen LogP contribution >= 0.6 is 0 Å². The molecule has 2 rings (SSSR count). The SMILES string of the molecule is CC(C)(O)CN1CCN(C(CCN)c2ccccc2)CC1. The van der Waals surface area contributed by atoms with Gasteiger partial charge in [0.1, 0.15) is 0 Å². The predicted molar refractivity (Wildman–Crippen MR) is 87.2 cm³/mol. The number of aliphatic hydroxyl groups is 1. The second kappa shape index (κ2) is 7.36. The van der Waals surface area contributed by atoms with E-state index in [1.165, 1.54) is 5.56 Å². The van der Waals surface area contributed by atoms with Crippen molar-refractivity contribution in [2.24, 2.45) is 5.73 Å². The lowest BCUT2D eigenvalue weighted by atomic mass is 10.0. The van der Waals surface area contributed by atoms with Gasteiger partial charge in [0.05, 0.1) is 5.60 Å². The molecule has 3 N–H and O–H groups in total. The summed E-state index contributed by atoms with van der Waals surface area (Å²) in [6.45, 7) is 9.30. The number of β-amino-alcohol motifs (C(OH)–C–C–N with tert-alkyl or cyclic N) is 1. The molecular formula is C17H29N3O. The summed E-state index contributed by atoms with van der Waals surface area (Å²) in [7, 11) is 0. The molecule has 4 nitrogen and oxygen atoms in total. The van der Waals surface area contributed by atoms with Crippen LogP contribution in [-0.4, -0.2) is 59.8 Å². The second-order valence-corrected chi connectivity index (χ2v) is 6.63. The maximum absolute atomic E-state index is 9.94. The predicted octanol–water partition coefficient (Wildman–Crippen LogP) is 1.47. The summed E-state index contributed by atoms with van der Waals surface area (Å²) < 4.78 is 0. The van der Waals surface area contributed by atoms with Crippen molar-refractivity contribution in [3.05, 3.63) is 35.9 Å². The normalized spacial score (nSPS) is 19.6. The van der Waals surface area contributed by atoms with E-state index in [1.807, 2.05) is 13.8 Å². The fraction of sp³-hybridized carbons (Fsp3) is 0.647. The summed E-state index contributed by atoms with van der Waals surface area (Å²) >= 11 is 0. The first-order valence-electron chi connectivity index (χ1n) is 7.93. The first-order chi connectivity index (χ1) is 9.99. The fourth-order valence-electron chi connectivity index (χ4n) is 3.17. The molecule has 1 aromatic rings. The zero-order valence-corrected chi connectivity index (χ0v) is 13.3. The summed E-state index contributed by atoms with van der Waals surface area (Å²) in [5.74, 6) is 0. The summed E-state index contributed by atoms with van der Waals surface area (Å²) in [4.78, 5) is 4.88. The van der Waals surface area contributed by atoms with Crippen molar-refractivity contribution in [3.63, 3.8) is 0 Å². The van der Waals surface area contributed by atoms with E-state index in [4.69, 9.17) is 5.73 Å². The maximum atomic E-state index is 9.94. The minimum Gasteiger partial charge on any atom is -0.389 e. The monoisotopic (exact) mass is 291 g/mol. The van der Waals surface area contributed by atoms with Crippen molar-refractivity contribution in [2.75, 3.05) is 39.3 Å². The van der Waals surface area contributed by atoms with Crippen LogP contribution in [-0.2, 0) is 0 Å². The lowest BCUT2D eigenvalue weighted by Crippen LogP contribution is -2.51. The van der Waals surface area contributed by atoms with Gasteiger partial charge in [0.2, 0.25) is 0 Å². The van der Waals surface area contributed by atoms with Crippen LogP contribution < -0.4 is 5.73 Å². The van der Waals surface area contributed by atoms with E-state index < -0.39 is 5.60 Å². The van der Waals surface area contributed by atoms with E-state index in [0.717, 1.165) is 39.1 Å². The lowest BCUT2D eigenvalue weighted by molar-refractivity contribution is 0.0101. The largest absolute Gasteiger partial charge is 0.389 e. The number of hydrogen-bond donors (Lipinski definition) is 2. The molecule has 0 aromatic heterocycles. The van der Waals surface area contributed by atoms with Crippen molar-refractivity contribution in [2.45, 2.75) is 31.9 Å². The average Bonchev–Trinajstić information content (AvgIpc) is 2.45. The molecule has 1 fully saturated rings. The number of nitrogens with two attached hydrogens (primary N) is 1. The van der Waals surface area contributed by atoms with E-state index in [-0.39, 0.29) is 0 Å². The van der Waals surface area contributed by atoms with Gasteiger partial charge in [-0.3, -0.25) is 9.80 Å². The van der Waals surface area contributed by atoms with Crippen LogP contribution in [0.25, 0.3) is 0 Å². The van der Waals surface area contributed by atoms with Crippen molar-refractivity contribution in [1.29, 1.82) is 0 Å². The summed E-state index contributed by atoms with van der Waals surface area (Å²) in [5.41, 5.74) is 6.56. The van der Waals surface area contributed by atoms with E-state index >= 15 is 0 Å². The number of piperazine rings is 1. The fourth-order valence-corrected chi connectivity index (χ4v) is 3.17. The highest BCUT2D eigenvalue weighted by atomic mass is 16.3. The number of nitrogens with zero attached hydrogens (tertiary/aromatic N) is 2. The van der Waals surface area contributed by atoms with E-state index in [1.54, 1.807) is 0 Å². The number of benzene rings is 1. The van der Waals surface area contributed by atoms with Gasteiger partial charge in [-0.15, -0.1) is 0 Å². The zero-order chi connectivity index (χ0) is 15.3. The molecular weight excluding hydrogens is 262 g/mol. The Balaban J connectivity index is 1.95. The minimum absolute atomic E-state index is 0.417. The quantitative estimate of drug-likeness (QED) is 0.833. The molecule has 0 amide bonds. The molecule has 0 radical (unpaired) electrons. The molecule has 1 aromatic carbocycles. The first-order valence-corrected chi connectivity index (χ1v) is 7.93. The van der Waals surface area contributed by atoms with Crippen LogP contribution in [0.15, 0.2) is 30.3 Å². The minimum atomic E-state index is -0.613. The Morgan fingerprint density at radius 1 is 1.14 bits per heavy atom. The van der Waals surface area contributed by atoms with Crippen LogP contribution in [0.1, 0.15) is 31.9 Å². The molecule has 0 saturated carbocycles. The van der Waals surface area contributed by atoms with Crippen molar-refractivity contribution in [3.8, 4) is 0 Å². The highest BCUT2D eigenvalue weighted by Gasteiger charge is 2.26. The Kier molecular flexibility index (Phi) is 5.76. The molecule has 1 saturated heterocycles. The average molecular weight is 291 g/mol. The Morgan fingerprint density at radius 3 is 2.29 bits per heavy atom. The molecule has 1 heterocycles. The molecule has 4 heteroatoms. The zero-order valence-electron chi connectivity index (χ0n) is 13.3. The van der Waals surface area contributed by atoms with Gasteiger partial charge in [-0.25, -0.2) is 0 Å². The third-order valence-corrected chi connectivity index (χ3v) is 4.08. The molecule has 1 unspecified atom stereocenters. The number of rotatable bonds is 6. The first kappa shape index (κ1) is 16.4. The molecule has 21 heavy (non-hydrogen) atoms. The molecule has 1 aliphatic rings. The molecule has 0 spiro atoms. The van der Waals surface area contributed by atoms with Gasteiger partial charge in [-0.1, -0.05) is 30.3 Å². The van der Waals surface area contributed by atoms with Crippen molar-refractivity contribution in [1.82, 2.24) is 9.80 Å². The Morgan fingerprint density at radius 2 is 1.76 bits per heavy atom. The molecule has 1 aliphatic heterocycles. The molecule has 0 aliphatic carbocycles. The van der Waals surface area contributed by atoms with Gasteiger partial charge in [-0.2, -0.15) is 0 Å². The van der Waals surface area contributed by atoms with Crippen LogP contribution in [0.3, 0.4) is 0 Å². The van der Waals surface area contributed by atoms with Gasteiger partial charge in [-0.05, 0) is 32.4 Å². The van der Waals surface area contributed by atoms with Crippen molar-refractivity contribution < 1.29 is 5.11 Å². The molecule has 1 atom stereocenters. The van der Waals surface area contributed by atoms with E-state index in [9.17, 15) is 5.11 Å². The second-order valence-electron chi connectivity index (χ2n) is 6.63. The summed E-state index contributed by atoms with van der Waals surface area (Å²) in [5, 5.41) is 9.94. The topological polar surface area (TPSA) is 52.7 Å². The maximum Gasteiger partial charge on any atom is 0.0718 e. The third kappa shape index (κ3) is 5.08. The number of hydrogen-bond acceptors (Lipinski definition) is 4. The van der Waals surface area contributed by atoms with Gasteiger partial charge < -0.3 is 10.8 Å². The van der Waals surface area contributed by atoms with Gasteiger partial charge >= 0.3 is 0 Å². The third-order valence-electron chi connectivity index (χ3n) is 4.08.